The molecule has 1 aliphatic carbocycles. The molecule has 2 fully saturated rings. The summed E-state index contributed by atoms with van der Waals surface area (Å²) in [4.78, 5) is 40.4. The van der Waals surface area contributed by atoms with Crippen molar-refractivity contribution in [3.63, 3.8) is 0 Å². The molecule has 0 bridgehead atoms. The molecule has 2 N–H and O–H groups in total. The van der Waals surface area contributed by atoms with Crippen LogP contribution in [0.25, 0.3) is 0 Å². The van der Waals surface area contributed by atoms with E-state index in [2.05, 4.69) is 10.6 Å². The average molecular weight is 448 g/mol. The van der Waals surface area contributed by atoms with Crippen LogP contribution in [0.4, 0.5) is 0 Å². The van der Waals surface area contributed by atoms with Crippen LogP contribution in [0.1, 0.15) is 57.9 Å². The van der Waals surface area contributed by atoms with Crippen molar-refractivity contribution in [2.24, 2.45) is 11.8 Å². The molecule has 7 heteroatoms. The van der Waals surface area contributed by atoms with E-state index in [1.807, 2.05) is 38.1 Å². The fourth-order valence-electron chi connectivity index (χ4n) is 4.59. The third-order valence-corrected chi connectivity index (χ3v) is 6.82. The summed E-state index contributed by atoms with van der Waals surface area (Å²) in [5.74, 6) is -0.337. The molecule has 0 radical (unpaired) electrons. The summed E-state index contributed by atoms with van der Waals surface area (Å²) in [6.07, 6.45) is 6.00. The average Bonchev–Trinajstić information content (AvgIpc) is 3.44. The standard InChI is InChI=1S/C24H34ClN3O3/c1-16(2)21(27-22(29)18-9-3-4-10-18)24(31)28-15-7-12-20(28)23(30)26-14-13-17-8-5-6-11-19(17)25/h5-6,8,11,16,18,20-21H,3-4,7,9-10,12-15H2,1-2H3,(H,26,30)(H,27,29)/t20-,21-/m0/s1. The van der Waals surface area contributed by atoms with E-state index in [0.29, 0.717) is 31.0 Å². The van der Waals surface area contributed by atoms with Crippen LogP contribution in [0.3, 0.4) is 0 Å². The maximum atomic E-state index is 13.3. The molecule has 0 aromatic heterocycles. The van der Waals surface area contributed by atoms with Gasteiger partial charge in [0.05, 0.1) is 0 Å². The molecule has 3 rings (SSSR count). The van der Waals surface area contributed by atoms with Crippen molar-refractivity contribution in [2.45, 2.75) is 70.9 Å². The molecule has 0 unspecified atom stereocenters. The predicted molar refractivity (Wildman–Crippen MR) is 122 cm³/mol. The molecule has 1 aromatic carbocycles. The van der Waals surface area contributed by atoms with Gasteiger partial charge in [-0.15, -0.1) is 0 Å². The van der Waals surface area contributed by atoms with Crippen molar-refractivity contribution in [1.82, 2.24) is 15.5 Å². The van der Waals surface area contributed by atoms with Crippen LogP contribution in [-0.4, -0.2) is 47.8 Å². The Hall–Kier alpha value is -2.08. The van der Waals surface area contributed by atoms with Gasteiger partial charge in [0.15, 0.2) is 0 Å². The highest BCUT2D eigenvalue weighted by Crippen LogP contribution is 2.26. The molecule has 170 valence electrons. The molecule has 31 heavy (non-hydrogen) atoms. The van der Waals surface area contributed by atoms with Crippen molar-refractivity contribution < 1.29 is 14.4 Å². The maximum absolute atomic E-state index is 13.3. The van der Waals surface area contributed by atoms with Gasteiger partial charge in [0, 0.05) is 24.0 Å². The number of hydrogen-bond donors (Lipinski definition) is 2. The summed E-state index contributed by atoms with van der Waals surface area (Å²) in [6, 6.07) is 6.50. The first-order chi connectivity index (χ1) is 14.9. The van der Waals surface area contributed by atoms with E-state index in [1.54, 1.807) is 4.90 Å². The summed E-state index contributed by atoms with van der Waals surface area (Å²) in [7, 11) is 0. The van der Waals surface area contributed by atoms with E-state index in [9.17, 15) is 14.4 Å². The Morgan fingerprint density at radius 1 is 1.06 bits per heavy atom. The van der Waals surface area contributed by atoms with Crippen LogP contribution in [0.5, 0.6) is 0 Å². The van der Waals surface area contributed by atoms with Gasteiger partial charge in [-0.3, -0.25) is 14.4 Å². The van der Waals surface area contributed by atoms with Crippen LogP contribution in [0.15, 0.2) is 24.3 Å². The fraction of sp³-hybridized carbons (Fsp3) is 0.625. The minimum Gasteiger partial charge on any atom is -0.354 e. The van der Waals surface area contributed by atoms with Crippen molar-refractivity contribution in [3.8, 4) is 0 Å². The molecule has 1 aliphatic heterocycles. The summed E-state index contributed by atoms with van der Waals surface area (Å²) in [5, 5.41) is 6.64. The van der Waals surface area contributed by atoms with E-state index in [0.717, 1.165) is 37.7 Å². The van der Waals surface area contributed by atoms with E-state index < -0.39 is 12.1 Å². The molecular weight excluding hydrogens is 414 g/mol. The highest BCUT2D eigenvalue weighted by atomic mass is 35.5. The molecule has 2 aliphatic rings. The zero-order valence-corrected chi connectivity index (χ0v) is 19.3. The minimum atomic E-state index is -0.593. The number of benzene rings is 1. The SMILES string of the molecule is CC(C)[C@H](NC(=O)C1CCCC1)C(=O)N1CCC[C@H]1C(=O)NCCc1ccccc1Cl. The normalized spacial score (nSPS) is 20.1. The van der Waals surface area contributed by atoms with Gasteiger partial charge in [0.2, 0.25) is 17.7 Å². The van der Waals surface area contributed by atoms with E-state index in [4.69, 9.17) is 11.6 Å². The van der Waals surface area contributed by atoms with Crippen LogP contribution in [0, 0.1) is 11.8 Å². The lowest BCUT2D eigenvalue weighted by Gasteiger charge is -2.31. The topological polar surface area (TPSA) is 78.5 Å². The summed E-state index contributed by atoms with van der Waals surface area (Å²) >= 11 is 6.18. The van der Waals surface area contributed by atoms with Crippen LogP contribution >= 0.6 is 11.6 Å². The van der Waals surface area contributed by atoms with E-state index in [-0.39, 0.29) is 29.6 Å². The molecule has 6 nitrogen and oxygen atoms in total. The predicted octanol–water partition coefficient (Wildman–Crippen LogP) is 3.32. The molecule has 3 amide bonds. The number of hydrogen-bond acceptors (Lipinski definition) is 3. The number of amides is 3. The van der Waals surface area contributed by atoms with Crippen LogP contribution < -0.4 is 10.6 Å². The molecule has 2 atom stereocenters. The second-order valence-corrected chi connectivity index (χ2v) is 9.44. The molecule has 1 aromatic rings. The number of likely N-dealkylation sites (tertiary alicyclic amines) is 1. The second kappa shape index (κ2) is 11.0. The first-order valence-electron chi connectivity index (χ1n) is 11.5. The van der Waals surface area contributed by atoms with Crippen molar-refractivity contribution in [2.75, 3.05) is 13.1 Å². The molecule has 0 spiro atoms. The summed E-state index contributed by atoms with van der Waals surface area (Å²) in [6.45, 7) is 4.88. The Kier molecular flexibility index (Phi) is 8.35. The maximum Gasteiger partial charge on any atom is 0.246 e. The lowest BCUT2D eigenvalue weighted by atomic mass is 10.00. The third kappa shape index (κ3) is 6.00. The van der Waals surface area contributed by atoms with E-state index in [1.165, 1.54) is 0 Å². The fourth-order valence-corrected chi connectivity index (χ4v) is 4.82. The minimum absolute atomic E-state index is 0.0107. The number of nitrogens with one attached hydrogen (secondary N) is 2. The Bertz CT molecular complexity index is 792. The van der Waals surface area contributed by atoms with Gasteiger partial charge in [0.1, 0.15) is 12.1 Å². The summed E-state index contributed by atoms with van der Waals surface area (Å²) < 4.78 is 0. The van der Waals surface area contributed by atoms with Gasteiger partial charge in [0.25, 0.3) is 0 Å². The van der Waals surface area contributed by atoms with E-state index >= 15 is 0 Å². The van der Waals surface area contributed by atoms with Crippen molar-refractivity contribution >= 4 is 29.3 Å². The lowest BCUT2D eigenvalue weighted by Crippen LogP contribution is -2.56. The molecular formula is C24H34ClN3O3. The highest BCUT2D eigenvalue weighted by Gasteiger charge is 2.39. The lowest BCUT2D eigenvalue weighted by molar-refractivity contribution is -0.142. The smallest absolute Gasteiger partial charge is 0.246 e. The quantitative estimate of drug-likeness (QED) is 0.641. The Balaban J connectivity index is 1.57. The zero-order chi connectivity index (χ0) is 22.4. The largest absolute Gasteiger partial charge is 0.354 e. The van der Waals surface area contributed by atoms with Gasteiger partial charge in [-0.2, -0.15) is 0 Å². The number of nitrogens with zero attached hydrogens (tertiary/aromatic N) is 1. The summed E-state index contributed by atoms with van der Waals surface area (Å²) in [5.41, 5.74) is 0.985. The Labute approximate surface area is 190 Å². The third-order valence-electron chi connectivity index (χ3n) is 6.45. The van der Waals surface area contributed by atoms with Crippen molar-refractivity contribution in [3.05, 3.63) is 34.9 Å². The van der Waals surface area contributed by atoms with Gasteiger partial charge in [-0.25, -0.2) is 0 Å². The monoisotopic (exact) mass is 447 g/mol. The zero-order valence-electron chi connectivity index (χ0n) is 18.5. The first kappa shape index (κ1) is 23.6. The van der Waals surface area contributed by atoms with Gasteiger partial charge < -0.3 is 15.5 Å². The Morgan fingerprint density at radius 3 is 2.45 bits per heavy atom. The van der Waals surface area contributed by atoms with Crippen molar-refractivity contribution in [1.29, 1.82) is 0 Å². The van der Waals surface area contributed by atoms with Crippen LogP contribution in [-0.2, 0) is 20.8 Å². The first-order valence-corrected chi connectivity index (χ1v) is 11.9. The molecule has 1 saturated carbocycles. The van der Waals surface area contributed by atoms with Gasteiger partial charge in [-0.1, -0.05) is 56.5 Å². The second-order valence-electron chi connectivity index (χ2n) is 9.03. The van der Waals surface area contributed by atoms with Gasteiger partial charge >= 0.3 is 0 Å². The highest BCUT2D eigenvalue weighted by molar-refractivity contribution is 6.31. The van der Waals surface area contributed by atoms with Gasteiger partial charge in [-0.05, 0) is 49.7 Å². The Morgan fingerprint density at radius 2 is 1.77 bits per heavy atom. The molecule has 1 saturated heterocycles. The number of carbonyl (C=O) groups excluding carboxylic acids is 3. The number of rotatable bonds is 8. The number of halogens is 1. The molecule has 1 heterocycles. The van der Waals surface area contributed by atoms with Crippen LogP contribution in [0.2, 0.25) is 5.02 Å². The number of carbonyl (C=O) groups is 3.